The van der Waals surface area contributed by atoms with E-state index < -0.39 is 0 Å². The van der Waals surface area contributed by atoms with Crippen LogP contribution < -0.4 is 5.73 Å². The molecule has 0 aliphatic rings. The molecule has 0 fully saturated rings. The number of hydrogen-bond acceptors (Lipinski definition) is 3. The number of carbonyl (C=O) groups is 1. The number of rotatable bonds is 3. The maximum absolute atomic E-state index is 12.0. The maximum Gasteiger partial charge on any atom is 0.185 e. The first-order valence-corrected chi connectivity index (χ1v) is 7.10. The van der Waals surface area contributed by atoms with Crippen LogP contribution in [0.2, 0.25) is 0 Å². The molecule has 0 saturated carbocycles. The fourth-order valence-corrected chi connectivity index (χ4v) is 2.95. The number of benzene rings is 2. The van der Waals surface area contributed by atoms with Crippen molar-refractivity contribution in [3.05, 3.63) is 71.1 Å². The second kappa shape index (κ2) is 5.31. The van der Waals surface area contributed by atoms with E-state index in [1.165, 1.54) is 10.1 Å². The van der Waals surface area contributed by atoms with Crippen LogP contribution in [0.5, 0.6) is 0 Å². The Morgan fingerprint density at radius 1 is 1.05 bits per heavy atom. The van der Waals surface area contributed by atoms with E-state index in [2.05, 4.69) is 18.2 Å². The Balaban J connectivity index is 1.82. The molecule has 2 nitrogen and oxygen atoms in total. The lowest BCUT2D eigenvalue weighted by Crippen LogP contribution is -1.94. The van der Waals surface area contributed by atoms with E-state index in [4.69, 9.17) is 5.73 Å². The predicted molar refractivity (Wildman–Crippen MR) is 86.0 cm³/mol. The summed E-state index contributed by atoms with van der Waals surface area (Å²) < 4.78 is 1.23. The lowest BCUT2D eigenvalue weighted by molar-refractivity contribution is 0.104. The molecule has 0 bridgehead atoms. The average molecular weight is 279 g/mol. The zero-order valence-electron chi connectivity index (χ0n) is 10.7. The molecule has 0 atom stereocenters. The van der Waals surface area contributed by atoms with Gasteiger partial charge >= 0.3 is 0 Å². The monoisotopic (exact) mass is 279 g/mol. The SMILES string of the molecule is Nc1ccc(C(=O)C=Cc2cc3ccccc3s2)cc1. The third-order valence-electron chi connectivity index (χ3n) is 3.04. The standard InChI is InChI=1S/C17H13NOS/c18-14-7-5-12(6-8-14)16(19)10-9-15-11-13-3-1-2-4-17(13)20-15/h1-11H,18H2. The summed E-state index contributed by atoms with van der Waals surface area (Å²) >= 11 is 1.68. The molecule has 0 unspecified atom stereocenters. The van der Waals surface area contributed by atoms with E-state index in [-0.39, 0.29) is 5.78 Å². The van der Waals surface area contributed by atoms with Crippen molar-refractivity contribution < 1.29 is 4.79 Å². The zero-order valence-corrected chi connectivity index (χ0v) is 11.6. The van der Waals surface area contributed by atoms with Crippen molar-refractivity contribution in [2.45, 2.75) is 0 Å². The predicted octanol–water partition coefficient (Wildman–Crippen LogP) is 4.38. The first kappa shape index (κ1) is 12.6. The topological polar surface area (TPSA) is 43.1 Å². The lowest BCUT2D eigenvalue weighted by Gasteiger charge is -1.96. The van der Waals surface area contributed by atoms with E-state index in [0.29, 0.717) is 11.3 Å². The van der Waals surface area contributed by atoms with Gasteiger partial charge in [0.25, 0.3) is 0 Å². The second-order valence-corrected chi connectivity index (χ2v) is 5.62. The molecule has 3 aromatic rings. The molecule has 0 aliphatic carbocycles. The number of fused-ring (bicyclic) bond motifs is 1. The highest BCUT2D eigenvalue weighted by molar-refractivity contribution is 7.19. The first-order valence-electron chi connectivity index (χ1n) is 6.29. The summed E-state index contributed by atoms with van der Waals surface area (Å²) in [5.74, 6) is -0.0116. The first-order chi connectivity index (χ1) is 9.72. The number of nitrogen functional groups attached to an aromatic ring is 1. The maximum atomic E-state index is 12.0. The van der Waals surface area contributed by atoms with Crippen LogP contribution in [0.25, 0.3) is 16.2 Å². The van der Waals surface area contributed by atoms with Gasteiger partial charge in [-0.1, -0.05) is 18.2 Å². The summed E-state index contributed by atoms with van der Waals surface area (Å²) in [7, 11) is 0. The minimum atomic E-state index is -0.0116. The number of hydrogen-bond donors (Lipinski definition) is 1. The number of nitrogens with two attached hydrogens (primary N) is 1. The van der Waals surface area contributed by atoms with E-state index in [9.17, 15) is 4.79 Å². The Morgan fingerprint density at radius 3 is 2.55 bits per heavy atom. The molecule has 0 radical (unpaired) electrons. The molecule has 0 aliphatic heterocycles. The average Bonchev–Trinajstić information content (AvgIpc) is 2.88. The Hall–Kier alpha value is -2.39. The van der Waals surface area contributed by atoms with Gasteiger partial charge < -0.3 is 5.73 Å². The van der Waals surface area contributed by atoms with Crippen LogP contribution in [0.3, 0.4) is 0 Å². The molecule has 98 valence electrons. The highest BCUT2D eigenvalue weighted by Gasteiger charge is 2.02. The van der Waals surface area contributed by atoms with Crippen LogP contribution in [0, 0.1) is 0 Å². The van der Waals surface area contributed by atoms with Gasteiger partial charge in [0.1, 0.15) is 0 Å². The van der Waals surface area contributed by atoms with Gasteiger partial charge in [-0.15, -0.1) is 11.3 Å². The van der Waals surface area contributed by atoms with Crippen LogP contribution in [-0.4, -0.2) is 5.78 Å². The van der Waals surface area contributed by atoms with Crippen LogP contribution in [-0.2, 0) is 0 Å². The van der Waals surface area contributed by atoms with Gasteiger partial charge in [0.15, 0.2) is 5.78 Å². The zero-order chi connectivity index (χ0) is 13.9. The summed E-state index contributed by atoms with van der Waals surface area (Å²) in [6.45, 7) is 0. The molecule has 0 saturated heterocycles. The summed E-state index contributed by atoms with van der Waals surface area (Å²) in [5, 5.41) is 1.21. The summed E-state index contributed by atoms with van der Waals surface area (Å²) in [6.07, 6.45) is 3.47. The number of thiophene rings is 1. The Morgan fingerprint density at radius 2 is 1.80 bits per heavy atom. The molecule has 3 rings (SSSR count). The van der Waals surface area contributed by atoms with E-state index in [1.807, 2.05) is 18.2 Å². The largest absolute Gasteiger partial charge is 0.399 e. The second-order valence-electron chi connectivity index (χ2n) is 4.51. The van der Waals surface area contributed by atoms with Crippen LogP contribution in [0.15, 0.2) is 60.7 Å². The molecule has 2 aromatic carbocycles. The summed E-state index contributed by atoms with van der Waals surface area (Å²) in [6, 6.07) is 17.2. The van der Waals surface area contributed by atoms with Crippen LogP contribution in [0.1, 0.15) is 15.2 Å². The van der Waals surface area contributed by atoms with Gasteiger partial charge in [-0.25, -0.2) is 0 Å². The minimum absolute atomic E-state index is 0.0116. The van der Waals surface area contributed by atoms with Crippen LogP contribution in [0.4, 0.5) is 5.69 Å². The van der Waals surface area contributed by atoms with Crippen molar-refractivity contribution in [2.24, 2.45) is 0 Å². The van der Waals surface area contributed by atoms with Gasteiger partial charge in [-0.3, -0.25) is 4.79 Å². The Kier molecular flexibility index (Phi) is 3.35. The third kappa shape index (κ3) is 2.63. The van der Waals surface area contributed by atoms with Crippen molar-refractivity contribution in [1.82, 2.24) is 0 Å². The fourth-order valence-electron chi connectivity index (χ4n) is 1.99. The number of ketones is 1. The molecule has 3 heteroatoms. The molecule has 20 heavy (non-hydrogen) atoms. The molecule has 0 spiro atoms. The number of anilines is 1. The minimum Gasteiger partial charge on any atom is -0.399 e. The third-order valence-corrected chi connectivity index (χ3v) is 4.12. The highest BCUT2D eigenvalue weighted by atomic mass is 32.1. The van der Waals surface area contributed by atoms with Gasteiger partial charge in [0.05, 0.1) is 0 Å². The summed E-state index contributed by atoms with van der Waals surface area (Å²) in [5.41, 5.74) is 6.92. The molecule has 1 heterocycles. The fraction of sp³-hybridized carbons (Fsp3) is 0. The van der Waals surface area contributed by atoms with Crippen molar-refractivity contribution in [1.29, 1.82) is 0 Å². The normalized spacial score (nSPS) is 11.2. The van der Waals surface area contributed by atoms with Gasteiger partial charge in [-0.2, -0.15) is 0 Å². The van der Waals surface area contributed by atoms with E-state index in [0.717, 1.165) is 4.88 Å². The Labute approximate surface area is 121 Å². The summed E-state index contributed by atoms with van der Waals surface area (Å²) in [4.78, 5) is 13.1. The highest BCUT2D eigenvalue weighted by Crippen LogP contribution is 2.26. The van der Waals surface area contributed by atoms with Crippen LogP contribution >= 0.6 is 11.3 Å². The van der Waals surface area contributed by atoms with Crippen molar-refractivity contribution in [3.8, 4) is 0 Å². The van der Waals surface area contributed by atoms with Crippen molar-refractivity contribution in [2.75, 3.05) is 5.73 Å². The molecule has 2 N–H and O–H groups in total. The Bertz CT molecular complexity index is 751. The van der Waals surface area contributed by atoms with E-state index in [1.54, 1.807) is 41.7 Å². The quantitative estimate of drug-likeness (QED) is 0.439. The lowest BCUT2D eigenvalue weighted by atomic mass is 10.1. The van der Waals surface area contributed by atoms with Gasteiger partial charge in [0.2, 0.25) is 0 Å². The van der Waals surface area contributed by atoms with Crippen molar-refractivity contribution >= 4 is 39.0 Å². The van der Waals surface area contributed by atoms with E-state index >= 15 is 0 Å². The number of carbonyl (C=O) groups excluding carboxylic acids is 1. The van der Waals surface area contributed by atoms with Gasteiger partial charge in [0, 0.05) is 20.8 Å². The smallest absolute Gasteiger partial charge is 0.185 e. The molecular weight excluding hydrogens is 266 g/mol. The molecular formula is C17H13NOS. The van der Waals surface area contributed by atoms with Crippen molar-refractivity contribution in [3.63, 3.8) is 0 Å². The molecule has 1 aromatic heterocycles. The molecule has 0 amide bonds. The van der Waals surface area contributed by atoms with Gasteiger partial charge in [-0.05, 0) is 53.9 Å². The number of allylic oxidation sites excluding steroid dienone is 1.